The fourth-order valence-corrected chi connectivity index (χ4v) is 4.18. The zero-order chi connectivity index (χ0) is 18.4. The quantitative estimate of drug-likeness (QED) is 0.419. The van der Waals surface area contributed by atoms with Crippen LogP contribution in [-0.2, 0) is 6.42 Å². The molecule has 0 unspecified atom stereocenters. The first-order valence-electron chi connectivity index (χ1n) is 8.60. The molecule has 0 fully saturated rings. The van der Waals surface area contributed by atoms with Crippen molar-refractivity contribution in [2.24, 2.45) is 0 Å². The number of aryl methyl sites for hydroxylation is 1. The SMILES string of the molecule is CCc1nnc2sc(-c3cc(-c4ccccc4)nc4ccc(Cl)cc34)nn12. The van der Waals surface area contributed by atoms with Crippen LogP contribution in [-0.4, -0.2) is 24.8 Å². The molecule has 2 aromatic carbocycles. The van der Waals surface area contributed by atoms with E-state index in [2.05, 4.69) is 28.4 Å². The normalized spacial score (nSPS) is 11.5. The summed E-state index contributed by atoms with van der Waals surface area (Å²) in [5.41, 5.74) is 3.85. The lowest BCUT2D eigenvalue weighted by molar-refractivity contribution is 0.838. The van der Waals surface area contributed by atoms with Gasteiger partial charge in [-0.15, -0.1) is 10.2 Å². The van der Waals surface area contributed by atoms with Gasteiger partial charge in [0.15, 0.2) is 5.82 Å². The van der Waals surface area contributed by atoms with E-state index in [1.54, 1.807) is 0 Å². The van der Waals surface area contributed by atoms with Crippen molar-refractivity contribution >= 4 is 38.8 Å². The third-order valence-corrected chi connectivity index (χ3v) is 5.61. The molecular formula is C20H14ClN5S. The summed E-state index contributed by atoms with van der Waals surface area (Å²) in [6.07, 6.45) is 0.780. The molecule has 0 radical (unpaired) electrons. The lowest BCUT2D eigenvalue weighted by Crippen LogP contribution is -1.94. The molecule has 0 saturated heterocycles. The molecule has 5 nitrogen and oxygen atoms in total. The number of halogens is 1. The van der Waals surface area contributed by atoms with Gasteiger partial charge < -0.3 is 0 Å². The summed E-state index contributed by atoms with van der Waals surface area (Å²) in [6.45, 7) is 2.05. The van der Waals surface area contributed by atoms with E-state index in [1.165, 1.54) is 11.3 Å². The first-order chi connectivity index (χ1) is 13.2. The first kappa shape index (κ1) is 16.4. The van der Waals surface area contributed by atoms with Gasteiger partial charge in [-0.1, -0.05) is 60.2 Å². The Morgan fingerprint density at radius 2 is 1.89 bits per heavy atom. The Bertz CT molecular complexity index is 1280. The highest BCUT2D eigenvalue weighted by Crippen LogP contribution is 2.35. The highest BCUT2D eigenvalue weighted by molar-refractivity contribution is 7.19. The number of hydrogen-bond donors (Lipinski definition) is 0. The van der Waals surface area contributed by atoms with E-state index in [4.69, 9.17) is 21.7 Å². The third kappa shape index (κ3) is 2.78. The van der Waals surface area contributed by atoms with Crippen LogP contribution in [0.5, 0.6) is 0 Å². The topological polar surface area (TPSA) is 56.0 Å². The Kier molecular flexibility index (Phi) is 3.88. The minimum absolute atomic E-state index is 0.676. The van der Waals surface area contributed by atoms with Crippen molar-refractivity contribution in [2.75, 3.05) is 0 Å². The van der Waals surface area contributed by atoms with E-state index in [1.807, 2.05) is 47.8 Å². The second-order valence-electron chi connectivity index (χ2n) is 6.15. The molecule has 0 saturated carbocycles. The Morgan fingerprint density at radius 1 is 1.04 bits per heavy atom. The van der Waals surface area contributed by atoms with Gasteiger partial charge in [0.05, 0.1) is 11.2 Å². The van der Waals surface area contributed by atoms with Gasteiger partial charge in [0.2, 0.25) is 4.96 Å². The molecule has 3 aromatic heterocycles. The number of fused-ring (bicyclic) bond motifs is 2. The van der Waals surface area contributed by atoms with Crippen LogP contribution in [0.4, 0.5) is 0 Å². The maximum atomic E-state index is 6.27. The van der Waals surface area contributed by atoms with Crippen LogP contribution in [0.2, 0.25) is 5.02 Å². The van der Waals surface area contributed by atoms with E-state index in [0.717, 1.165) is 49.9 Å². The summed E-state index contributed by atoms with van der Waals surface area (Å²) in [7, 11) is 0. The van der Waals surface area contributed by atoms with E-state index in [0.29, 0.717) is 5.02 Å². The van der Waals surface area contributed by atoms with E-state index in [-0.39, 0.29) is 0 Å². The summed E-state index contributed by atoms with van der Waals surface area (Å²) in [6, 6.07) is 18.0. The standard InChI is InChI=1S/C20H14ClN5S/c1-2-18-23-24-20-26(18)25-19(27-20)15-11-17(12-6-4-3-5-7-12)22-16-9-8-13(21)10-14(15)16/h3-11H,2H2,1H3. The van der Waals surface area contributed by atoms with Crippen molar-refractivity contribution in [3.63, 3.8) is 0 Å². The number of hydrogen-bond acceptors (Lipinski definition) is 5. The molecule has 0 aliphatic carbocycles. The summed E-state index contributed by atoms with van der Waals surface area (Å²) in [4.78, 5) is 5.62. The average molecular weight is 392 g/mol. The molecule has 0 amide bonds. The minimum Gasteiger partial charge on any atom is -0.248 e. The van der Waals surface area contributed by atoms with Crippen molar-refractivity contribution in [1.29, 1.82) is 0 Å². The van der Waals surface area contributed by atoms with Crippen LogP contribution in [0, 0.1) is 0 Å². The molecule has 0 N–H and O–H groups in total. The second kappa shape index (κ2) is 6.40. The van der Waals surface area contributed by atoms with E-state index < -0.39 is 0 Å². The smallest absolute Gasteiger partial charge is 0.234 e. The van der Waals surface area contributed by atoms with Crippen LogP contribution in [0.3, 0.4) is 0 Å². The van der Waals surface area contributed by atoms with Gasteiger partial charge in [-0.2, -0.15) is 9.61 Å². The van der Waals surface area contributed by atoms with Crippen LogP contribution >= 0.6 is 22.9 Å². The van der Waals surface area contributed by atoms with Crippen LogP contribution in [0.1, 0.15) is 12.7 Å². The van der Waals surface area contributed by atoms with Gasteiger partial charge in [-0.25, -0.2) is 4.98 Å². The van der Waals surface area contributed by atoms with Gasteiger partial charge in [0.1, 0.15) is 5.01 Å². The molecule has 3 heterocycles. The summed E-state index contributed by atoms with van der Waals surface area (Å²) < 4.78 is 1.82. The van der Waals surface area contributed by atoms with Crippen LogP contribution in [0.15, 0.2) is 54.6 Å². The van der Waals surface area contributed by atoms with Crippen molar-refractivity contribution in [2.45, 2.75) is 13.3 Å². The maximum Gasteiger partial charge on any atom is 0.234 e. The molecule has 27 heavy (non-hydrogen) atoms. The largest absolute Gasteiger partial charge is 0.248 e. The summed E-state index contributed by atoms with van der Waals surface area (Å²) >= 11 is 7.79. The fourth-order valence-electron chi connectivity index (χ4n) is 3.12. The van der Waals surface area contributed by atoms with Crippen molar-refractivity contribution in [3.8, 4) is 21.8 Å². The van der Waals surface area contributed by atoms with Crippen molar-refractivity contribution in [3.05, 3.63) is 65.4 Å². The number of benzene rings is 2. The Labute approximate surface area is 164 Å². The zero-order valence-corrected chi connectivity index (χ0v) is 16.0. The lowest BCUT2D eigenvalue weighted by atomic mass is 10.0. The molecule has 5 rings (SSSR count). The zero-order valence-electron chi connectivity index (χ0n) is 14.4. The van der Waals surface area contributed by atoms with Crippen LogP contribution < -0.4 is 0 Å². The molecule has 0 atom stereocenters. The highest BCUT2D eigenvalue weighted by Gasteiger charge is 2.16. The van der Waals surface area contributed by atoms with Crippen molar-refractivity contribution in [1.82, 2.24) is 24.8 Å². The lowest BCUT2D eigenvalue weighted by Gasteiger charge is -2.08. The van der Waals surface area contributed by atoms with Gasteiger partial charge >= 0.3 is 0 Å². The minimum atomic E-state index is 0.676. The second-order valence-corrected chi connectivity index (χ2v) is 7.55. The molecule has 132 valence electrons. The number of aromatic nitrogens is 5. The van der Waals surface area contributed by atoms with Gasteiger partial charge in [0, 0.05) is 28.0 Å². The maximum absolute atomic E-state index is 6.27. The van der Waals surface area contributed by atoms with Gasteiger partial charge in [0.25, 0.3) is 0 Å². The Morgan fingerprint density at radius 3 is 2.70 bits per heavy atom. The molecular weight excluding hydrogens is 378 g/mol. The molecule has 7 heteroatoms. The van der Waals surface area contributed by atoms with E-state index >= 15 is 0 Å². The summed E-state index contributed by atoms with van der Waals surface area (Å²) in [5, 5.41) is 15.7. The molecule has 0 aliphatic rings. The van der Waals surface area contributed by atoms with Crippen molar-refractivity contribution < 1.29 is 0 Å². The molecule has 5 aromatic rings. The Balaban J connectivity index is 1.80. The predicted molar refractivity (Wildman–Crippen MR) is 109 cm³/mol. The molecule has 0 bridgehead atoms. The predicted octanol–water partition coefficient (Wildman–Crippen LogP) is 5.28. The number of nitrogens with zero attached hydrogens (tertiary/aromatic N) is 5. The van der Waals surface area contributed by atoms with Crippen LogP contribution in [0.25, 0.3) is 37.7 Å². The third-order valence-electron chi connectivity index (χ3n) is 4.44. The van der Waals surface area contributed by atoms with Gasteiger partial charge in [-0.3, -0.25) is 0 Å². The first-order valence-corrected chi connectivity index (χ1v) is 9.79. The molecule has 0 spiro atoms. The summed E-state index contributed by atoms with van der Waals surface area (Å²) in [5.74, 6) is 0.854. The number of rotatable bonds is 3. The monoisotopic (exact) mass is 391 g/mol. The highest BCUT2D eigenvalue weighted by atomic mass is 35.5. The Hall–Kier alpha value is -2.83. The fraction of sp³-hybridized carbons (Fsp3) is 0.100. The number of pyridine rings is 1. The average Bonchev–Trinajstić information content (AvgIpc) is 3.28. The van der Waals surface area contributed by atoms with Gasteiger partial charge in [-0.05, 0) is 24.3 Å². The molecule has 0 aliphatic heterocycles. The van der Waals surface area contributed by atoms with E-state index in [9.17, 15) is 0 Å².